The lowest BCUT2D eigenvalue weighted by Crippen LogP contribution is -2.33. The van der Waals surface area contributed by atoms with Gasteiger partial charge in [0.25, 0.3) is 5.91 Å². The monoisotopic (exact) mass is 396 g/mol. The third-order valence-corrected chi connectivity index (χ3v) is 4.93. The van der Waals surface area contributed by atoms with Crippen LogP contribution >= 0.6 is 0 Å². The Morgan fingerprint density at radius 1 is 1.31 bits per heavy atom. The van der Waals surface area contributed by atoms with Crippen molar-refractivity contribution in [3.8, 4) is 6.07 Å². The van der Waals surface area contributed by atoms with E-state index in [0.29, 0.717) is 18.8 Å². The van der Waals surface area contributed by atoms with E-state index in [1.165, 1.54) is 4.90 Å². The van der Waals surface area contributed by atoms with Crippen molar-refractivity contribution in [2.75, 3.05) is 13.7 Å². The number of hydrogen-bond acceptors (Lipinski definition) is 6. The number of carbonyl (C=O) groups excluding carboxylic acids is 2. The van der Waals surface area contributed by atoms with Crippen molar-refractivity contribution in [1.82, 2.24) is 25.2 Å². The predicted molar refractivity (Wildman–Crippen MR) is 104 cm³/mol. The second kappa shape index (κ2) is 8.41. The summed E-state index contributed by atoms with van der Waals surface area (Å²) >= 11 is 0. The number of amides is 3. The minimum absolute atomic E-state index is 0.114. The van der Waals surface area contributed by atoms with E-state index in [1.807, 2.05) is 38.1 Å². The molecule has 3 amide bonds. The molecule has 1 fully saturated rings. The van der Waals surface area contributed by atoms with E-state index in [2.05, 4.69) is 21.7 Å². The largest absolute Gasteiger partial charge is 0.383 e. The molecule has 0 spiro atoms. The minimum atomic E-state index is -0.726. The van der Waals surface area contributed by atoms with Gasteiger partial charge in [-0.1, -0.05) is 29.5 Å². The van der Waals surface area contributed by atoms with Gasteiger partial charge in [-0.25, -0.2) is 9.48 Å². The Balaban J connectivity index is 1.72. The lowest BCUT2D eigenvalue weighted by molar-refractivity contribution is -0.127. The van der Waals surface area contributed by atoms with Crippen molar-refractivity contribution in [2.45, 2.75) is 44.8 Å². The van der Waals surface area contributed by atoms with E-state index < -0.39 is 17.5 Å². The summed E-state index contributed by atoms with van der Waals surface area (Å²) < 4.78 is 6.64. The molecule has 1 atom stereocenters. The zero-order chi connectivity index (χ0) is 21.0. The van der Waals surface area contributed by atoms with Crippen LogP contribution in [0.4, 0.5) is 4.79 Å². The summed E-state index contributed by atoms with van der Waals surface area (Å²) in [6.07, 6.45) is 2.01. The maximum atomic E-state index is 12.8. The van der Waals surface area contributed by atoms with Crippen LogP contribution < -0.4 is 5.32 Å². The van der Waals surface area contributed by atoms with Gasteiger partial charge < -0.3 is 10.1 Å². The molecule has 0 bridgehead atoms. The highest BCUT2D eigenvalue weighted by molar-refractivity contribution is 6.04. The fourth-order valence-electron chi connectivity index (χ4n) is 3.30. The second-order valence-electron chi connectivity index (χ2n) is 7.49. The molecule has 9 nitrogen and oxygen atoms in total. The van der Waals surface area contributed by atoms with Crippen LogP contribution in [-0.4, -0.2) is 51.6 Å². The van der Waals surface area contributed by atoms with Gasteiger partial charge in [-0.2, -0.15) is 5.26 Å². The fourth-order valence-corrected chi connectivity index (χ4v) is 3.30. The minimum Gasteiger partial charge on any atom is -0.383 e. The van der Waals surface area contributed by atoms with Crippen LogP contribution in [0.3, 0.4) is 0 Å². The van der Waals surface area contributed by atoms with Gasteiger partial charge in [-0.05, 0) is 25.0 Å². The maximum absolute atomic E-state index is 12.8. The summed E-state index contributed by atoms with van der Waals surface area (Å²) in [4.78, 5) is 26.5. The highest BCUT2D eigenvalue weighted by atomic mass is 16.5. The number of imide groups is 1. The number of aromatic nitrogens is 3. The number of methoxy groups -OCH3 is 1. The summed E-state index contributed by atoms with van der Waals surface area (Å²) in [5.74, 6) is -0.314. The molecule has 2 heterocycles. The second-order valence-corrected chi connectivity index (χ2v) is 7.49. The number of urea groups is 1. The van der Waals surface area contributed by atoms with Crippen LogP contribution in [0.1, 0.15) is 30.7 Å². The maximum Gasteiger partial charge on any atom is 0.325 e. The molecule has 9 heteroatoms. The molecule has 1 aliphatic rings. The van der Waals surface area contributed by atoms with Crippen LogP contribution in [-0.2, 0) is 34.5 Å². The Morgan fingerprint density at radius 3 is 2.79 bits per heavy atom. The predicted octanol–water partition coefficient (Wildman–Crippen LogP) is 1.39. The van der Waals surface area contributed by atoms with Gasteiger partial charge >= 0.3 is 6.03 Å². The third kappa shape index (κ3) is 4.43. The summed E-state index contributed by atoms with van der Waals surface area (Å²) in [6.45, 7) is 4.81. The number of ether oxygens (including phenoxy) is 1. The van der Waals surface area contributed by atoms with Crippen LogP contribution in [0.5, 0.6) is 0 Å². The molecule has 1 N–H and O–H groups in total. The third-order valence-electron chi connectivity index (χ3n) is 4.93. The van der Waals surface area contributed by atoms with E-state index in [0.717, 1.165) is 11.1 Å². The molecule has 1 aromatic carbocycles. The van der Waals surface area contributed by atoms with Crippen molar-refractivity contribution in [1.29, 1.82) is 5.26 Å². The topological polar surface area (TPSA) is 113 Å². The SMILES string of the molecule is COCCn1cc(C[C@@H]2NC(=O)N(Cc3ccccc3C(C)(C)C#N)C2=O)nn1. The number of rotatable bonds is 8. The number of nitrogens with zero attached hydrogens (tertiary/aromatic N) is 5. The van der Waals surface area contributed by atoms with Crippen LogP contribution in [0.15, 0.2) is 30.5 Å². The molecule has 3 rings (SSSR count). The summed E-state index contributed by atoms with van der Waals surface area (Å²) in [6, 6.07) is 8.51. The summed E-state index contributed by atoms with van der Waals surface area (Å²) in [5.41, 5.74) is 1.46. The number of hydrogen-bond donors (Lipinski definition) is 1. The lowest BCUT2D eigenvalue weighted by Gasteiger charge is -2.22. The van der Waals surface area contributed by atoms with Crippen LogP contribution in [0.25, 0.3) is 0 Å². The highest BCUT2D eigenvalue weighted by Crippen LogP contribution is 2.27. The van der Waals surface area contributed by atoms with Crippen molar-refractivity contribution >= 4 is 11.9 Å². The molecule has 0 aliphatic carbocycles. The van der Waals surface area contributed by atoms with Crippen LogP contribution in [0.2, 0.25) is 0 Å². The summed E-state index contributed by atoms with van der Waals surface area (Å²) in [7, 11) is 1.61. The molecule has 1 aliphatic heterocycles. The van der Waals surface area contributed by atoms with Gasteiger partial charge in [-0.3, -0.25) is 9.69 Å². The van der Waals surface area contributed by atoms with Crippen molar-refractivity contribution in [3.63, 3.8) is 0 Å². The first kappa shape index (κ1) is 20.5. The van der Waals surface area contributed by atoms with E-state index in [-0.39, 0.29) is 18.9 Å². The van der Waals surface area contributed by atoms with E-state index in [4.69, 9.17) is 4.74 Å². The Labute approximate surface area is 169 Å². The summed E-state index contributed by atoms with van der Waals surface area (Å²) in [5, 5.41) is 20.2. The number of benzene rings is 1. The zero-order valence-electron chi connectivity index (χ0n) is 16.8. The first-order valence-electron chi connectivity index (χ1n) is 9.35. The quantitative estimate of drug-likeness (QED) is 0.675. The van der Waals surface area contributed by atoms with Gasteiger partial charge in [0, 0.05) is 19.7 Å². The average molecular weight is 396 g/mol. The van der Waals surface area contributed by atoms with Crippen molar-refractivity contribution in [2.24, 2.45) is 0 Å². The molecule has 1 aromatic heterocycles. The molecule has 0 radical (unpaired) electrons. The Kier molecular flexibility index (Phi) is 5.94. The normalized spacial score (nSPS) is 16.8. The molecular formula is C20H24N6O3. The van der Waals surface area contributed by atoms with Gasteiger partial charge in [0.1, 0.15) is 6.04 Å². The lowest BCUT2D eigenvalue weighted by atomic mass is 9.83. The number of nitrogens with one attached hydrogen (secondary N) is 1. The molecule has 29 heavy (non-hydrogen) atoms. The Hall–Kier alpha value is -3.25. The smallest absolute Gasteiger partial charge is 0.325 e. The molecular weight excluding hydrogens is 372 g/mol. The van der Waals surface area contributed by atoms with Crippen molar-refractivity contribution < 1.29 is 14.3 Å². The van der Waals surface area contributed by atoms with Gasteiger partial charge in [0.05, 0.1) is 36.9 Å². The van der Waals surface area contributed by atoms with Gasteiger partial charge in [-0.15, -0.1) is 5.10 Å². The molecule has 0 unspecified atom stereocenters. The number of nitriles is 1. The zero-order valence-corrected chi connectivity index (χ0v) is 16.8. The number of carbonyl (C=O) groups is 2. The van der Waals surface area contributed by atoms with Crippen molar-refractivity contribution in [3.05, 3.63) is 47.3 Å². The Bertz CT molecular complexity index is 946. The average Bonchev–Trinajstić information content (AvgIpc) is 3.26. The molecule has 1 saturated heterocycles. The Morgan fingerprint density at radius 2 is 2.07 bits per heavy atom. The van der Waals surface area contributed by atoms with E-state index >= 15 is 0 Å². The molecule has 152 valence electrons. The molecule has 2 aromatic rings. The van der Waals surface area contributed by atoms with E-state index in [9.17, 15) is 14.9 Å². The first-order chi connectivity index (χ1) is 13.9. The van der Waals surface area contributed by atoms with Crippen LogP contribution in [0, 0.1) is 11.3 Å². The van der Waals surface area contributed by atoms with E-state index in [1.54, 1.807) is 18.0 Å². The standard InChI is InChI=1S/C20H24N6O3/c1-20(2,13-21)16-7-5-4-6-14(16)11-26-18(27)17(22-19(26)28)10-15-12-25(24-23-15)8-9-29-3/h4-7,12,17H,8-11H2,1-3H3,(H,22,28)/t17-/m0/s1. The highest BCUT2D eigenvalue weighted by Gasteiger charge is 2.39. The van der Waals surface area contributed by atoms with Gasteiger partial charge in [0.2, 0.25) is 0 Å². The molecule has 0 saturated carbocycles. The van der Waals surface area contributed by atoms with Gasteiger partial charge in [0.15, 0.2) is 0 Å². The first-order valence-corrected chi connectivity index (χ1v) is 9.35. The fraction of sp³-hybridized carbons (Fsp3) is 0.450.